The number of hydrogen-bond acceptors (Lipinski definition) is 3. The predicted molar refractivity (Wildman–Crippen MR) is 137 cm³/mol. The van der Waals surface area contributed by atoms with Crippen molar-refractivity contribution in [1.82, 2.24) is 10.6 Å². The molecule has 0 bridgehead atoms. The van der Waals surface area contributed by atoms with Crippen LogP contribution in [0, 0.1) is 0 Å². The Morgan fingerprint density at radius 3 is 2.16 bits per heavy atom. The average molecular weight is 449 g/mol. The van der Waals surface area contributed by atoms with Crippen LogP contribution in [0.25, 0.3) is 0 Å². The highest BCUT2D eigenvalue weighted by Crippen LogP contribution is 2.08. The second-order valence-corrected chi connectivity index (χ2v) is 8.23. The molecule has 0 rings (SSSR count). The van der Waals surface area contributed by atoms with Crippen LogP contribution >= 0.6 is 0 Å². The van der Waals surface area contributed by atoms with Crippen molar-refractivity contribution in [2.75, 3.05) is 13.1 Å². The Bertz CT molecular complexity index is 544. The van der Waals surface area contributed by atoms with Crippen molar-refractivity contribution in [2.24, 2.45) is 10.7 Å². The van der Waals surface area contributed by atoms with Crippen LogP contribution in [0.3, 0.4) is 0 Å². The number of aliphatic imine (C=N–C) groups is 1. The summed E-state index contributed by atoms with van der Waals surface area (Å²) in [5.74, 6) is 0.418. The molecule has 1 atom stereocenters. The van der Waals surface area contributed by atoms with Crippen LogP contribution in [-0.4, -0.2) is 37.3 Å². The number of nitrogens with one attached hydrogen (secondary N) is 2. The van der Waals surface area contributed by atoms with Gasteiger partial charge in [-0.25, -0.2) is 0 Å². The van der Waals surface area contributed by atoms with E-state index in [2.05, 4.69) is 46.9 Å². The first-order valence-corrected chi connectivity index (χ1v) is 12.7. The van der Waals surface area contributed by atoms with Gasteiger partial charge >= 0.3 is 0 Å². The molecule has 184 valence electrons. The highest BCUT2D eigenvalue weighted by atomic mass is 16.2. The number of nitrogens with two attached hydrogens (primary N) is 1. The SMILES string of the molecule is CCCCCC=CCC=CCCCCCCCCNC(=O)C(CCN=C(N)CC)NC=O. The third kappa shape index (κ3) is 19.8. The van der Waals surface area contributed by atoms with E-state index < -0.39 is 6.04 Å². The first-order chi connectivity index (χ1) is 15.7. The summed E-state index contributed by atoms with van der Waals surface area (Å²) in [5.41, 5.74) is 5.67. The lowest BCUT2D eigenvalue weighted by Crippen LogP contribution is -2.44. The molecule has 0 aromatic rings. The predicted octanol–water partition coefficient (Wildman–Crippen LogP) is 5.19. The molecular weight excluding hydrogens is 400 g/mol. The Morgan fingerprint density at radius 2 is 1.53 bits per heavy atom. The van der Waals surface area contributed by atoms with Gasteiger partial charge in [0, 0.05) is 19.5 Å². The van der Waals surface area contributed by atoms with Gasteiger partial charge in [-0.2, -0.15) is 0 Å². The molecule has 2 amide bonds. The minimum atomic E-state index is -0.550. The molecule has 0 aromatic carbocycles. The first kappa shape index (κ1) is 29.9. The number of carbonyl (C=O) groups is 2. The number of carbonyl (C=O) groups excluding carboxylic acids is 2. The Morgan fingerprint density at radius 1 is 0.906 bits per heavy atom. The largest absolute Gasteiger partial charge is 0.387 e. The number of unbranched alkanes of at least 4 members (excludes halogenated alkanes) is 9. The number of amidine groups is 1. The third-order valence-electron chi connectivity index (χ3n) is 5.36. The summed E-state index contributed by atoms with van der Waals surface area (Å²) in [6, 6.07) is -0.550. The van der Waals surface area contributed by atoms with E-state index in [1.807, 2.05) is 6.92 Å². The molecule has 32 heavy (non-hydrogen) atoms. The fraction of sp³-hybridized carbons (Fsp3) is 0.731. The van der Waals surface area contributed by atoms with E-state index in [0.717, 1.165) is 19.3 Å². The fourth-order valence-corrected chi connectivity index (χ4v) is 3.27. The second kappa shape index (κ2) is 23.6. The molecule has 0 aliphatic carbocycles. The quantitative estimate of drug-likeness (QED) is 0.0699. The molecule has 4 N–H and O–H groups in total. The molecule has 0 radical (unpaired) electrons. The Kier molecular flexibility index (Phi) is 22.0. The maximum atomic E-state index is 12.2. The van der Waals surface area contributed by atoms with Crippen molar-refractivity contribution in [1.29, 1.82) is 0 Å². The van der Waals surface area contributed by atoms with E-state index in [1.54, 1.807) is 0 Å². The Labute approximate surface area is 196 Å². The maximum Gasteiger partial charge on any atom is 0.242 e. The van der Waals surface area contributed by atoms with Crippen molar-refractivity contribution in [3.05, 3.63) is 24.3 Å². The summed E-state index contributed by atoms with van der Waals surface area (Å²) >= 11 is 0. The summed E-state index contributed by atoms with van der Waals surface area (Å²) in [6.07, 6.45) is 25.3. The molecule has 6 heteroatoms. The van der Waals surface area contributed by atoms with Gasteiger partial charge in [-0.15, -0.1) is 0 Å². The van der Waals surface area contributed by atoms with Crippen molar-refractivity contribution in [3.63, 3.8) is 0 Å². The molecule has 0 aliphatic rings. The maximum absolute atomic E-state index is 12.2. The standard InChI is InChI=1S/C26H48N4O2/c1-3-5-6-7-8-9-10-11-12-13-14-15-16-17-18-19-21-29-26(32)24(30-23-31)20-22-28-25(27)4-2/h8-9,11-12,23-24H,3-7,10,13-22H2,1-2H3,(H2,27,28)(H,29,32)(H,30,31). The molecule has 6 nitrogen and oxygen atoms in total. The Hall–Kier alpha value is -2.11. The van der Waals surface area contributed by atoms with Gasteiger partial charge in [0.1, 0.15) is 6.04 Å². The van der Waals surface area contributed by atoms with Crippen LogP contribution in [-0.2, 0) is 9.59 Å². The van der Waals surface area contributed by atoms with Gasteiger partial charge in [-0.05, 0) is 44.9 Å². The van der Waals surface area contributed by atoms with Gasteiger partial charge in [0.2, 0.25) is 12.3 Å². The van der Waals surface area contributed by atoms with Crippen molar-refractivity contribution >= 4 is 18.2 Å². The number of amides is 2. The summed E-state index contributed by atoms with van der Waals surface area (Å²) < 4.78 is 0. The zero-order chi connectivity index (χ0) is 23.7. The zero-order valence-electron chi connectivity index (χ0n) is 20.6. The molecule has 0 saturated heterocycles. The molecular formula is C26H48N4O2. The summed E-state index contributed by atoms with van der Waals surface area (Å²) in [6.45, 7) is 5.25. The Balaban J connectivity index is 3.63. The summed E-state index contributed by atoms with van der Waals surface area (Å²) in [4.78, 5) is 27.1. The smallest absolute Gasteiger partial charge is 0.242 e. The van der Waals surface area contributed by atoms with E-state index in [9.17, 15) is 9.59 Å². The van der Waals surface area contributed by atoms with E-state index in [-0.39, 0.29) is 5.91 Å². The van der Waals surface area contributed by atoms with E-state index in [0.29, 0.717) is 38.2 Å². The van der Waals surface area contributed by atoms with Gasteiger partial charge in [0.05, 0.1) is 5.84 Å². The van der Waals surface area contributed by atoms with Crippen molar-refractivity contribution < 1.29 is 9.59 Å². The minimum absolute atomic E-state index is 0.148. The van der Waals surface area contributed by atoms with Crippen LogP contribution in [0.15, 0.2) is 29.3 Å². The highest BCUT2D eigenvalue weighted by Gasteiger charge is 2.16. The summed E-state index contributed by atoms with van der Waals surface area (Å²) in [7, 11) is 0. The topological polar surface area (TPSA) is 96.6 Å². The lowest BCUT2D eigenvalue weighted by Gasteiger charge is -2.15. The van der Waals surface area contributed by atoms with Gasteiger partial charge < -0.3 is 16.4 Å². The molecule has 1 unspecified atom stereocenters. The molecule has 0 aliphatic heterocycles. The third-order valence-corrected chi connectivity index (χ3v) is 5.36. The molecule has 0 heterocycles. The zero-order valence-corrected chi connectivity index (χ0v) is 20.6. The number of rotatable bonds is 22. The van der Waals surface area contributed by atoms with Crippen LogP contribution in [0.1, 0.15) is 104 Å². The second-order valence-electron chi connectivity index (χ2n) is 8.23. The van der Waals surface area contributed by atoms with E-state index in [1.165, 1.54) is 57.8 Å². The number of allylic oxidation sites excluding steroid dienone is 4. The lowest BCUT2D eigenvalue weighted by molar-refractivity contribution is -0.125. The van der Waals surface area contributed by atoms with Gasteiger partial charge in [-0.3, -0.25) is 14.6 Å². The molecule has 0 saturated carbocycles. The fourth-order valence-electron chi connectivity index (χ4n) is 3.27. The number of nitrogens with zero attached hydrogens (tertiary/aromatic N) is 1. The monoisotopic (exact) mass is 448 g/mol. The average Bonchev–Trinajstić information content (AvgIpc) is 2.80. The van der Waals surface area contributed by atoms with Crippen LogP contribution in [0.2, 0.25) is 0 Å². The number of hydrogen-bond donors (Lipinski definition) is 3. The van der Waals surface area contributed by atoms with Gasteiger partial charge in [-0.1, -0.05) is 76.7 Å². The summed E-state index contributed by atoms with van der Waals surface area (Å²) in [5, 5.41) is 5.48. The van der Waals surface area contributed by atoms with Gasteiger partial charge in [0.25, 0.3) is 0 Å². The van der Waals surface area contributed by atoms with Crippen molar-refractivity contribution in [2.45, 2.75) is 110 Å². The highest BCUT2D eigenvalue weighted by molar-refractivity contribution is 5.83. The van der Waals surface area contributed by atoms with Crippen molar-refractivity contribution in [3.8, 4) is 0 Å². The van der Waals surface area contributed by atoms with E-state index in [4.69, 9.17) is 5.73 Å². The van der Waals surface area contributed by atoms with Crippen LogP contribution < -0.4 is 16.4 Å². The van der Waals surface area contributed by atoms with E-state index >= 15 is 0 Å². The molecule has 0 fully saturated rings. The van der Waals surface area contributed by atoms with Crippen LogP contribution in [0.4, 0.5) is 0 Å². The lowest BCUT2D eigenvalue weighted by atomic mass is 10.1. The van der Waals surface area contributed by atoms with Crippen LogP contribution in [0.5, 0.6) is 0 Å². The van der Waals surface area contributed by atoms with Gasteiger partial charge in [0.15, 0.2) is 0 Å². The molecule has 0 spiro atoms. The first-order valence-electron chi connectivity index (χ1n) is 12.7. The normalized spacial score (nSPS) is 13.0. The molecule has 0 aromatic heterocycles. The minimum Gasteiger partial charge on any atom is -0.387 e.